The van der Waals surface area contributed by atoms with E-state index in [2.05, 4.69) is 21.6 Å². The molecule has 1 amide bonds. The molecular weight excluding hydrogens is 334 g/mol. The summed E-state index contributed by atoms with van der Waals surface area (Å²) >= 11 is 1.34. The Labute approximate surface area is 149 Å². The highest BCUT2D eigenvalue weighted by Crippen LogP contribution is 2.23. The molecule has 7 heteroatoms. The molecule has 2 aromatic carbocycles. The molecule has 25 heavy (non-hydrogen) atoms. The molecule has 3 aromatic rings. The highest BCUT2D eigenvalue weighted by atomic mass is 32.2. The van der Waals surface area contributed by atoms with Gasteiger partial charge in [-0.05, 0) is 36.4 Å². The molecule has 1 aromatic heterocycles. The van der Waals surface area contributed by atoms with Crippen molar-refractivity contribution in [1.82, 2.24) is 14.8 Å². The number of benzene rings is 2. The van der Waals surface area contributed by atoms with Gasteiger partial charge in [0.2, 0.25) is 0 Å². The molecule has 0 radical (unpaired) electrons. The maximum Gasteiger partial charge on any atom is 0.255 e. The average molecular weight is 349 g/mol. The zero-order valence-corrected chi connectivity index (χ0v) is 14.3. The molecule has 0 aliphatic rings. The van der Waals surface area contributed by atoms with Crippen LogP contribution in [0, 0.1) is 11.3 Å². The van der Waals surface area contributed by atoms with Crippen molar-refractivity contribution in [3.05, 3.63) is 60.2 Å². The number of hydrogen-bond acceptors (Lipinski definition) is 5. The van der Waals surface area contributed by atoms with Crippen LogP contribution in [0.1, 0.15) is 10.4 Å². The van der Waals surface area contributed by atoms with Crippen LogP contribution >= 0.6 is 11.8 Å². The van der Waals surface area contributed by atoms with E-state index in [1.165, 1.54) is 11.8 Å². The Kier molecular flexibility index (Phi) is 5.11. The normalized spacial score (nSPS) is 10.2. The van der Waals surface area contributed by atoms with E-state index >= 15 is 0 Å². The number of hydrogen-bond donors (Lipinski definition) is 1. The van der Waals surface area contributed by atoms with E-state index in [0.717, 1.165) is 5.56 Å². The predicted octanol–water partition coefficient (Wildman–Crippen LogP) is 3.35. The second kappa shape index (κ2) is 7.64. The molecule has 6 nitrogen and oxygen atoms in total. The van der Waals surface area contributed by atoms with Gasteiger partial charge in [-0.2, -0.15) is 5.26 Å². The molecule has 1 N–H and O–H groups in total. The van der Waals surface area contributed by atoms with Gasteiger partial charge in [0.15, 0.2) is 11.0 Å². The minimum Gasteiger partial charge on any atom is -0.322 e. The number of rotatable bonds is 5. The molecule has 0 saturated carbocycles. The summed E-state index contributed by atoms with van der Waals surface area (Å²) < 4.78 is 1.85. The molecule has 0 fully saturated rings. The largest absolute Gasteiger partial charge is 0.322 e. The zero-order chi connectivity index (χ0) is 17.6. The first-order valence-electron chi connectivity index (χ1n) is 7.55. The van der Waals surface area contributed by atoms with Gasteiger partial charge in [0.1, 0.15) is 0 Å². The van der Waals surface area contributed by atoms with Crippen molar-refractivity contribution >= 4 is 23.4 Å². The summed E-state index contributed by atoms with van der Waals surface area (Å²) in [7, 11) is 1.86. The van der Waals surface area contributed by atoms with E-state index in [9.17, 15) is 4.79 Å². The van der Waals surface area contributed by atoms with Crippen molar-refractivity contribution < 1.29 is 4.79 Å². The van der Waals surface area contributed by atoms with Crippen molar-refractivity contribution in [2.24, 2.45) is 7.05 Å². The van der Waals surface area contributed by atoms with Crippen molar-refractivity contribution in [3.8, 4) is 17.5 Å². The Morgan fingerprint density at radius 1 is 1.16 bits per heavy atom. The minimum atomic E-state index is -0.151. The molecule has 0 saturated heterocycles. The first-order chi connectivity index (χ1) is 12.2. The van der Waals surface area contributed by atoms with Gasteiger partial charge in [0.25, 0.3) is 5.91 Å². The maximum absolute atomic E-state index is 12.2. The van der Waals surface area contributed by atoms with Crippen LogP contribution in [0.3, 0.4) is 0 Å². The highest BCUT2D eigenvalue weighted by Gasteiger charge is 2.11. The molecule has 0 bridgehead atoms. The number of aromatic nitrogens is 3. The fourth-order valence-corrected chi connectivity index (χ4v) is 2.86. The fraction of sp³-hybridized carbons (Fsp3) is 0.111. The number of amides is 1. The van der Waals surface area contributed by atoms with Gasteiger partial charge in [-0.15, -0.1) is 10.2 Å². The van der Waals surface area contributed by atoms with Gasteiger partial charge in [0, 0.05) is 23.9 Å². The number of nitrogens with one attached hydrogen (secondary N) is 1. The molecule has 0 aliphatic heterocycles. The summed E-state index contributed by atoms with van der Waals surface area (Å²) in [5.41, 5.74) is 2.20. The van der Waals surface area contributed by atoms with E-state index in [1.807, 2.05) is 54.1 Å². The van der Waals surface area contributed by atoms with E-state index in [0.29, 0.717) is 28.0 Å². The number of nitrogens with zero attached hydrogens (tertiary/aromatic N) is 4. The van der Waals surface area contributed by atoms with Crippen LogP contribution in [-0.2, 0) is 7.05 Å². The Balaban J connectivity index is 1.74. The number of nitriles is 1. The molecule has 0 atom stereocenters. The third-order valence-electron chi connectivity index (χ3n) is 3.54. The summed E-state index contributed by atoms with van der Waals surface area (Å²) in [5, 5.41) is 20.5. The highest BCUT2D eigenvalue weighted by molar-refractivity contribution is 7.99. The lowest BCUT2D eigenvalue weighted by Crippen LogP contribution is -2.11. The van der Waals surface area contributed by atoms with Crippen molar-refractivity contribution in [2.75, 3.05) is 11.1 Å². The van der Waals surface area contributed by atoms with Crippen LogP contribution in [0.5, 0.6) is 0 Å². The van der Waals surface area contributed by atoms with Gasteiger partial charge in [-0.25, -0.2) is 0 Å². The smallest absolute Gasteiger partial charge is 0.255 e. The quantitative estimate of drug-likeness (QED) is 0.714. The summed E-state index contributed by atoms with van der Waals surface area (Å²) in [6, 6.07) is 18.5. The Morgan fingerprint density at radius 3 is 2.56 bits per heavy atom. The lowest BCUT2D eigenvalue weighted by atomic mass is 10.1. The molecule has 0 unspecified atom stereocenters. The first kappa shape index (κ1) is 16.7. The fourth-order valence-electron chi connectivity index (χ4n) is 2.28. The standard InChI is InChI=1S/C18H15N5OS/c1-23-16(21-22-18(23)25-12-11-19)13-7-9-15(10-8-13)20-17(24)14-5-3-2-4-6-14/h2-10H,12H2,1H3,(H,20,24). The van der Waals surface area contributed by atoms with Crippen LogP contribution in [-0.4, -0.2) is 26.4 Å². The van der Waals surface area contributed by atoms with Crippen LogP contribution in [0.25, 0.3) is 11.4 Å². The van der Waals surface area contributed by atoms with Gasteiger partial charge in [0.05, 0.1) is 11.8 Å². The lowest BCUT2D eigenvalue weighted by molar-refractivity contribution is 0.102. The van der Waals surface area contributed by atoms with E-state index in [1.54, 1.807) is 12.1 Å². The summed E-state index contributed by atoms with van der Waals surface area (Å²) in [6.07, 6.45) is 0. The Hall–Kier alpha value is -3.11. The van der Waals surface area contributed by atoms with Crippen LogP contribution in [0.2, 0.25) is 0 Å². The second-order valence-electron chi connectivity index (χ2n) is 5.21. The van der Waals surface area contributed by atoms with Crippen molar-refractivity contribution in [1.29, 1.82) is 5.26 Å². The molecule has 124 valence electrons. The Morgan fingerprint density at radius 2 is 1.88 bits per heavy atom. The number of thioether (sulfide) groups is 1. The average Bonchev–Trinajstić information content (AvgIpc) is 3.02. The summed E-state index contributed by atoms with van der Waals surface area (Å²) in [6.45, 7) is 0. The number of carbonyl (C=O) groups excluding carboxylic acids is 1. The third-order valence-corrected chi connectivity index (χ3v) is 4.42. The maximum atomic E-state index is 12.2. The number of anilines is 1. The predicted molar refractivity (Wildman–Crippen MR) is 97.2 cm³/mol. The monoisotopic (exact) mass is 349 g/mol. The van der Waals surface area contributed by atoms with Crippen LogP contribution < -0.4 is 5.32 Å². The number of carbonyl (C=O) groups is 1. The third kappa shape index (κ3) is 3.87. The van der Waals surface area contributed by atoms with Crippen LogP contribution in [0.4, 0.5) is 5.69 Å². The first-order valence-corrected chi connectivity index (χ1v) is 8.53. The van der Waals surface area contributed by atoms with Gasteiger partial charge >= 0.3 is 0 Å². The van der Waals surface area contributed by atoms with E-state index in [4.69, 9.17) is 5.26 Å². The zero-order valence-electron chi connectivity index (χ0n) is 13.5. The van der Waals surface area contributed by atoms with E-state index < -0.39 is 0 Å². The summed E-state index contributed by atoms with van der Waals surface area (Å²) in [4.78, 5) is 12.2. The molecule has 0 aliphatic carbocycles. The van der Waals surface area contributed by atoms with Gasteiger partial charge in [-0.1, -0.05) is 30.0 Å². The van der Waals surface area contributed by atoms with E-state index in [-0.39, 0.29) is 5.91 Å². The summed E-state index contributed by atoms with van der Waals surface area (Å²) in [5.74, 6) is 0.889. The van der Waals surface area contributed by atoms with Crippen LogP contribution in [0.15, 0.2) is 59.8 Å². The second-order valence-corrected chi connectivity index (χ2v) is 6.15. The minimum absolute atomic E-state index is 0.151. The molecule has 0 spiro atoms. The Bertz CT molecular complexity index is 913. The topological polar surface area (TPSA) is 83.6 Å². The molecule has 3 rings (SSSR count). The van der Waals surface area contributed by atoms with Gasteiger partial charge < -0.3 is 9.88 Å². The molecule has 1 heterocycles. The molecular formula is C18H15N5OS. The van der Waals surface area contributed by atoms with Crippen molar-refractivity contribution in [3.63, 3.8) is 0 Å². The van der Waals surface area contributed by atoms with Crippen molar-refractivity contribution in [2.45, 2.75) is 5.16 Å². The lowest BCUT2D eigenvalue weighted by Gasteiger charge is -2.07. The SMILES string of the molecule is Cn1c(SCC#N)nnc1-c1ccc(NC(=O)c2ccccc2)cc1. The van der Waals surface area contributed by atoms with Gasteiger partial charge in [-0.3, -0.25) is 4.79 Å².